The first-order valence-corrected chi connectivity index (χ1v) is 26.9. The summed E-state index contributed by atoms with van der Waals surface area (Å²) in [5.74, 6) is -1.77. The summed E-state index contributed by atoms with van der Waals surface area (Å²) in [4.78, 5) is 102. The van der Waals surface area contributed by atoms with Crippen molar-refractivity contribution >= 4 is 48.2 Å². The van der Waals surface area contributed by atoms with Crippen LogP contribution in [0.25, 0.3) is 0 Å². The van der Waals surface area contributed by atoms with Crippen molar-refractivity contribution in [3.63, 3.8) is 0 Å². The number of carbonyl (C=O) groups is 8. The minimum Gasteiger partial charge on any atom is -0.459 e. The van der Waals surface area contributed by atoms with Gasteiger partial charge in [-0.2, -0.15) is 10.1 Å². The maximum Gasteiger partial charge on any atom is 0.418 e. The Hall–Kier alpha value is -5.52. The first kappa shape index (κ1) is 66.6. The minimum absolute atomic E-state index is 0.0407. The van der Waals surface area contributed by atoms with Crippen LogP contribution in [0.5, 0.6) is 0 Å². The fraction of sp³-hybridized carbons (Fsp3) is 0.774. The van der Waals surface area contributed by atoms with E-state index in [2.05, 4.69) is 29.1 Å². The molecule has 76 heavy (non-hydrogen) atoms. The van der Waals surface area contributed by atoms with Gasteiger partial charge in [-0.05, 0) is 93.9 Å². The fourth-order valence-electron chi connectivity index (χ4n) is 9.56. The zero-order chi connectivity index (χ0) is 57.0. The van der Waals surface area contributed by atoms with E-state index in [-0.39, 0.29) is 64.7 Å². The number of esters is 2. The Balaban J connectivity index is 1.78. The van der Waals surface area contributed by atoms with Crippen molar-refractivity contribution < 1.29 is 77.2 Å². The van der Waals surface area contributed by atoms with Gasteiger partial charge in [-0.3, -0.25) is 4.79 Å². The first-order chi connectivity index (χ1) is 35.8. The van der Waals surface area contributed by atoms with Gasteiger partial charge in [-0.1, -0.05) is 58.1 Å². The molecule has 0 aromatic rings. The molecule has 23 nitrogen and oxygen atoms in total. The number of amides is 7. The second-order valence-corrected chi connectivity index (χ2v) is 21.8. The van der Waals surface area contributed by atoms with Crippen molar-refractivity contribution in [2.45, 2.75) is 205 Å². The Morgan fingerprint density at radius 2 is 0.816 bits per heavy atom. The van der Waals surface area contributed by atoms with Gasteiger partial charge < -0.3 is 54.8 Å². The lowest BCUT2D eigenvalue weighted by atomic mass is 9.80. The molecule has 0 aliphatic carbocycles. The maximum absolute atomic E-state index is 13.3. The number of rotatable bonds is 32. The summed E-state index contributed by atoms with van der Waals surface area (Å²) >= 11 is 0. The summed E-state index contributed by atoms with van der Waals surface area (Å²) < 4.78 is 31.5. The number of carbonyl (C=O) groups excluding carboxylic acids is 8. The molecule has 7 amide bonds. The minimum atomic E-state index is -0.914. The zero-order valence-electron chi connectivity index (χ0n) is 46.7. The van der Waals surface area contributed by atoms with Gasteiger partial charge in [0.25, 0.3) is 0 Å². The van der Waals surface area contributed by atoms with E-state index < -0.39 is 70.4 Å². The molecule has 2 fully saturated rings. The maximum atomic E-state index is 13.3. The number of nitrogens with one attached hydrogen (secondary N) is 3. The molecule has 2 saturated heterocycles. The smallest absolute Gasteiger partial charge is 0.418 e. The quantitative estimate of drug-likeness (QED) is 0.0183. The van der Waals surface area contributed by atoms with E-state index in [4.69, 9.17) is 28.4 Å². The lowest BCUT2D eigenvalue weighted by Gasteiger charge is -2.50. The lowest BCUT2D eigenvalue weighted by Crippen LogP contribution is -2.61. The number of urea groups is 1. The number of ether oxygens (including phenoxy) is 6. The van der Waals surface area contributed by atoms with Crippen molar-refractivity contribution in [3.05, 3.63) is 25.3 Å². The van der Waals surface area contributed by atoms with Crippen LogP contribution >= 0.6 is 0 Å². The third-order valence-electron chi connectivity index (χ3n) is 13.2. The molecule has 0 saturated carbocycles. The van der Waals surface area contributed by atoms with Gasteiger partial charge in [-0.25, -0.2) is 43.4 Å². The molecule has 0 radical (unpaired) electrons. The van der Waals surface area contributed by atoms with Crippen LogP contribution in [0.3, 0.4) is 0 Å². The summed E-state index contributed by atoms with van der Waals surface area (Å²) in [5.41, 5.74) is -2.20. The SMILES string of the molecule is C=CC(=O)OCCOC(=O)N(CCCCCCNC(=O)N(CCCCCCNC(=O)OC1CC(C)(C)N(O)C(C)(C)C1)C(=O)OCCOC(=O)C=C)C(=O)CCCCCCCNC(=O)OC1CC(C)(C)N(O)C(C)(C)C1. The number of hydrogen-bond donors (Lipinski definition) is 5. The van der Waals surface area contributed by atoms with Gasteiger partial charge in [0.05, 0.1) is 0 Å². The Morgan fingerprint density at radius 1 is 0.487 bits per heavy atom. The monoisotopic (exact) mass is 1080 g/mol. The highest BCUT2D eigenvalue weighted by atomic mass is 16.6. The second kappa shape index (κ2) is 33.6. The predicted octanol–water partition coefficient (Wildman–Crippen LogP) is 8.29. The van der Waals surface area contributed by atoms with Crippen molar-refractivity contribution in [2.75, 3.05) is 59.2 Å². The summed E-state index contributed by atoms with van der Waals surface area (Å²) in [6.45, 7) is 22.0. The number of alkyl carbamates (subject to hydrolysis) is 2. The van der Waals surface area contributed by atoms with E-state index in [1.165, 1.54) is 10.1 Å². The number of piperidine rings is 2. The topological polar surface area (TPSA) is 281 Å². The number of hydroxylamine groups is 4. The molecule has 0 unspecified atom stereocenters. The largest absolute Gasteiger partial charge is 0.459 e. The molecule has 2 aliphatic rings. The van der Waals surface area contributed by atoms with E-state index in [0.29, 0.717) is 103 Å². The van der Waals surface area contributed by atoms with Crippen molar-refractivity contribution in [1.82, 2.24) is 35.9 Å². The van der Waals surface area contributed by atoms with Gasteiger partial charge in [0.15, 0.2) is 0 Å². The molecular weight excluding hydrogens is 991 g/mol. The molecule has 0 atom stereocenters. The van der Waals surface area contributed by atoms with Crippen LogP contribution < -0.4 is 16.0 Å². The molecule has 2 aliphatic heterocycles. The zero-order valence-corrected chi connectivity index (χ0v) is 46.7. The van der Waals surface area contributed by atoms with Crippen LogP contribution in [0.15, 0.2) is 25.3 Å². The number of imide groups is 2. The van der Waals surface area contributed by atoms with E-state index in [0.717, 1.165) is 41.2 Å². The molecule has 23 heteroatoms. The third kappa shape index (κ3) is 25.1. The second-order valence-electron chi connectivity index (χ2n) is 21.8. The van der Waals surface area contributed by atoms with Crippen LogP contribution in [-0.2, 0) is 42.8 Å². The van der Waals surface area contributed by atoms with E-state index in [1.54, 1.807) is 0 Å². The standard InChI is InChI=1S/C53H91N7O16/c1-11-43(62)71-32-34-73-48(67)57(42(61)26-20-14-13-15-22-28-55-46(65)75-40-36-50(3,4)59(69)51(5,6)37-40)30-24-18-16-21-27-54-45(64)58(49(68)74-35-33-72-44(63)12-2)31-25-19-17-23-29-56-47(66)76-41-38-52(7,8)60(70)53(9,10)39-41/h11-12,40-41,69-70H,1-2,13-39H2,3-10H3,(H,54,64)(H,55,65)(H,56,66). The van der Waals surface area contributed by atoms with E-state index in [9.17, 15) is 48.8 Å². The molecular formula is C53H91N7O16. The highest BCUT2D eigenvalue weighted by molar-refractivity contribution is 5.92. The number of nitrogens with zero attached hydrogens (tertiary/aromatic N) is 4. The van der Waals surface area contributed by atoms with Crippen LogP contribution in [-0.4, -0.2) is 172 Å². The van der Waals surface area contributed by atoms with Crippen molar-refractivity contribution in [2.24, 2.45) is 0 Å². The molecule has 2 rings (SSSR count). The lowest BCUT2D eigenvalue weighted by molar-refractivity contribution is -0.256. The average Bonchev–Trinajstić information content (AvgIpc) is 3.34. The van der Waals surface area contributed by atoms with Gasteiger partial charge in [0.1, 0.15) is 38.6 Å². The molecule has 0 bridgehead atoms. The fourth-order valence-corrected chi connectivity index (χ4v) is 9.56. The molecule has 0 aromatic carbocycles. The van der Waals surface area contributed by atoms with Crippen LogP contribution in [0.2, 0.25) is 0 Å². The Kier molecular flexibility index (Phi) is 29.4. The summed E-state index contributed by atoms with van der Waals surface area (Å²) in [7, 11) is 0. The molecule has 0 aromatic heterocycles. The summed E-state index contributed by atoms with van der Waals surface area (Å²) in [5, 5.41) is 32.0. The summed E-state index contributed by atoms with van der Waals surface area (Å²) in [6, 6.07) is -0.671. The Morgan fingerprint density at radius 3 is 1.22 bits per heavy atom. The summed E-state index contributed by atoms with van der Waals surface area (Å²) in [6.07, 6.45) is 8.66. The van der Waals surface area contributed by atoms with Gasteiger partial charge in [0.2, 0.25) is 5.91 Å². The molecule has 2 heterocycles. The van der Waals surface area contributed by atoms with Gasteiger partial charge >= 0.3 is 42.3 Å². The highest BCUT2D eigenvalue weighted by Gasteiger charge is 2.47. The average molecular weight is 1080 g/mol. The molecule has 0 spiro atoms. The predicted molar refractivity (Wildman–Crippen MR) is 280 cm³/mol. The number of unbranched alkanes of at least 4 members (excludes halogenated alkanes) is 10. The van der Waals surface area contributed by atoms with Gasteiger partial charge in [0, 0.05) is 99.1 Å². The van der Waals surface area contributed by atoms with Crippen LogP contribution in [0, 0.1) is 0 Å². The molecule has 5 N–H and O–H groups in total. The van der Waals surface area contributed by atoms with Gasteiger partial charge in [-0.15, -0.1) is 0 Å². The van der Waals surface area contributed by atoms with E-state index >= 15 is 0 Å². The van der Waals surface area contributed by atoms with Crippen LogP contribution in [0.4, 0.5) is 24.0 Å². The van der Waals surface area contributed by atoms with Crippen molar-refractivity contribution in [1.29, 1.82) is 0 Å². The Labute approximate surface area is 449 Å². The van der Waals surface area contributed by atoms with Crippen molar-refractivity contribution in [3.8, 4) is 0 Å². The first-order valence-electron chi connectivity index (χ1n) is 26.9. The van der Waals surface area contributed by atoms with Crippen LogP contribution in [0.1, 0.15) is 171 Å². The number of hydrogen-bond acceptors (Lipinski definition) is 18. The van der Waals surface area contributed by atoms with E-state index in [1.807, 2.05) is 55.4 Å². The third-order valence-corrected chi connectivity index (χ3v) is 13.2. The highest BCUT2D eigenvalue weighted by Crippen LogP contribution is 2.39. The normalized spacial score (nSPS) is 17.0. The Bertz CT molecular complexity index is 1860. The molecule has 434 valence electrons.